The molecule has 2 aromatic heterocycles. The summed E-state index contributed by atoms with van der Waals surface area (Å²) in [6, 6.07) is -3.28. The van der Waals surface area contributed by atoms with Crippen LogP contribution in [0.15, 0.2) is 27.6 Å². The molecule has 0 aromatic carbocycles. The number of oxime groups is 1. The Bertz CT molecular complexity index is 1650. The molecule has 2 atom stereocenters. The summed E-state index contributed by atoms with van der Waals surface area (Å²) < 4.78 is 38.5. The minimum Gasteiger partial charge on any atom is -0.503 e. The maximum absolute atomic E-state index is 13.2. The molecule has 4 amide bonds. The van der Waals surface area contributed by atoms with Gasteiger partial charge in [-0.2, -0.15) is 13.1 Å². The van der Waals surface area contributed by atoms with Crippen LogP contribution in [0.3, 0.4) is 0 Å². The fraction of sp³-hybridized carbons (Fsp3) is 0.409. The molecule has 3 heterocycles. The first-order valence-corrected chi connectivity index (χ1v) is 14.7. The Labute approximate surface area is 252 Å². The van der Waals surface area contributed by atoms with Crippen molar-refractivity contribution in [3.63, 3.8) is 0 Å². The van der Waals surface area contributed by atoms with Crippen molar-refractivity contribution in [2.75, 3.05) is 18.9 Å². The molecule has 44 heavy (non-hydrogen) atoms. The van der Waals surface area contributed by atoms with E-state index < -0.39 is 81.8 Å². The summed E-state index contributed by atoms with van der Waals surface area (Å²) in [4.78, 5) is 71.1. The quantitative estimate of drug-likeness (QED) is 0.0320. The van der Waals surface area contributed by atoms with Crippen molar-refractivity contribution >= 4 is 56.3 Å². The highest BCUT2D eigenvalue weighted by atomic mass is 32.2. The van der Waals surface area contributed by atoms with E-state index in [2.05, 4.69) is 26.1 Å². The number of nitrogen functional groups attached to an aromatic ring is 1. The van der Waals surface area contributed by atoms with Gasteiger partial charge < -0.3 is 41.6 Å². The standard InChI is InChI=1S/C22H28N8O12S2/c1-4-41-19(35)22(2,3)42-28-15(11-9-43-20(23)26-11)17(33)27-16-12(30(18(16)34)44(38,39)40)7-25-21(36)24-6-10-5-13(31)14(32)8-29(10)37/h5,8-9,12,16,32,37H,4,6-7H2,1-3H3,(H2,23,26)(H,27,33)(H2,24,25,36)(H,38,39,40). The van der Waals surface area contributed by atoms with Gasteiger partial charge in [-0.3, -0.25) is 18.9 Å². The van der Waals surface area contributed by atoms with Crippen LogP contribution < -0.4 is 27.1 Å². The zero-order chi connectivity index (χ0) is 33.0. The van der Waals surface area contributed by atoms with Gasteiger partial charge in [-0.15, -0.1) is 11.3 Å². The van der Waals surface area contributed by atoms with E-state index in [0.29, 0.717) is 10.9 Å². The van der Waals surface area contributed by atoms with Crippen molar-refractivity contribution in [1.29, 1.82) is 0 Å². The number of carbonyl (C=O) groups is 4. The molecule has 240 valence electrons. The summed E-state index contributed by atoms with van der Waals surface area (Å²) in [5.41, 5.74) is 2.35. The molecule has 0 spiro atoms. The van der Waals surface area contributed by atoms with Gasteiger partial charge in [0, 0.05) is 18.0 Å². The number of hydrogen-bond donors (Lipinski definition) is 7. The number of nitrogens with zero attached hydrogens (tertiary/aromatic N) is 4. The highest BCUT2D eigenvalue weighted by molar-refractivity contribution is 7.84. The smallest absolute Gasteiger partial charge is 0.362 e. The number of hydrogen-bond acceptors (Lipinski definition) is 15. The fourth-order valence-electron chi connectivity index (χ4n) is 3.59. The summed E-state index contributed by atoms with van der Waals surface area (Å²) in [6.45, 7) is 3.17. The average Bonchev–Trinajstić information content (AvgIpc) is 3.35. The second-order valence-electron chi connectivity index (χ2n) is 9.39. The monoisotopic (exact) mass is 660 g/mol. The Morgan fingerprint density at radius 3 is 2.52 bits per heavy atom. The van der Waals surface area contributed by atoms with E-state index >= 15 is 0 Å². The number of ether oxygens (including phenoxy) is 1. The van der Waals surface area contributed by atoms with Gasteiger partial charge in [0.1, 0.15) is 11.7 Å². The lowest BCUT2D eigenvalue weighted by Gasteiger charge is -2.44. The third kappa shape index (κ3) is 7.70. The van der Waals surface area contributed by atoms with Crippen LogP contribution >= 0.6 is 11.3 Å². The molecule has 0 radical (unpaired) electrons. The molecule has 0 saturated carbocycles. The molecule has 22 heteroatoms. The van der Waals surface area contributed by atoms with Crippen molar-refractivity contribution in [2.45, 2.75) is 45.0 Å². The number of nitrogens with two attached hydrogens (primary N) is 1. The molecule has 8 N–H and O–H groups in total. The second kappa shape index (κ2) is 13.1. The summed E-state index contributed by atoms with van der Waals surface area (Å²) in [5.74, 6) is -3.93. The van der Waals surface area contributed by atoms with Gasteiger partial charge in [-0.1, -0.05) is 5.16 Å². The Morgan fingerprint density at radius 2 is 1.93 bits per heavy atom. The Kier molecular flexibility index (Phi) is 10.0. The minimum absolute atomic E-state index is 0.0287. The molecular formula is C22H28N8O12S2. The number of aromatic nitrogens is 2. The summed E-state index contributed by atoms with van der Waals surface area (Å²) >= 11 is 0.928. The van der Waals surface area contributed by atoms with Crippen molar-refractivity contribution in [1.82, 2.24) is 30.0 Å². The second-order valence-corrected chi connectivity index (χ2v) is 11.6. The normalized spacial score (nSPS) is 17.0. The molecule has 0 aliphatic carbocycles. The third-order valence-electron chi connectivity index (χ3n) is 5.81. The summed E-state index contributed by atoms with van der Waals surface area (Å²) in [6.07, 6.45) is 0.703. The lowest BCUT2D eigenvalue weighted by molar-refractivity contribution is -0.167. The lowest BCUT2D eigenvalue weighted by atomic mass is 9.98. The van der Waals surface area contributed by atoms with Crippen LogP contribution in [0.2, 0.25) is 0 Å². The highest BCUT2D eigenvalue weighted by Gasteiger charge is 2.54. The third-order valence-corrected chi connectivity index (χ3v) is 7.43. The van der Waals surface area contributed by atoms with Crippen LogP contribution in [0, 0.1) is 0 Å². The predicted octanol–water partition coefficient (Wildman–Crippen LogP) is -2.11. The highest BCUT2D eigenvalue weighted by Crippen LogP contribution is 2.24. The van der Waals surface area contributed by atoms with Crippen LogP contribution in [0.5, 0.6) is 5.75 Å². The summed E-state index contributed by atoms with van der Waals surface area (Å²) in [7, 11) is -5.13. The maximum atomic E-state index is 13.2. The number of rotatable bonds is 12. The summed E-state index contributed by atoms with van der Waals surface area (Å²) in [5, 5.41) is 30.9. The molecule has 2 aromatic rings. The van der Waals surface area contributed by atoms with Crippen molar-refractivity contribution in [3.05, 3.63) is 39.3 Å². The van der Waals surface area contributed by atoms with E-state index in [0.717, 1.165) is 17.4 Å². The fourth-order valence-corrected chi connectivity index (χ4v) is 5.02. The van der Waals surface area contributed by atoms with Crippen LogP contribution in [-0.2, 0) is 40.8 Å². The van der Waals surface area contributed by atoms with Crippen molar-refractivity contribution < 1.29 is 52.0 Å². The SMILES string of the molecule is CCOC(=O)C(C)(C)ON=C(C(=O)NC1C(=O)N(S(=O)(=O)O)C1CNC(=O)NCc1cc(=O)c(O)cn1O)c1csc(N)n1. The number of esters is 1. The van der Waals surface area contributed by atoms with E-state index in [1.807, 2.05) is 0 Å². The zero-order valence-corrected chi connectivity index (χ0v) is 24.8. The molecule has 1 aliphatic rings. The van der Waals surface area contributed by atoms with Gasteiger partial charge in [0.05, 0.1) is 31.1 Å². The molecule has 3 rings (SSSR count). The van der Waals surface area contributed by atoms with E-state index in [-0.39, 0.29) is 27.4 Å². The van der Waals surface area contributed by atoms with Crippen LogP contribution in [0.25, 0.3) is 0 Å². The number of thiazole rings is 1. The van der Waals surface area contributed by atoms with Gasteiger partial charge >= 0.3 is 22.3 Å². The first-order valence-electron chi connectivity index (χ1n) is 12.4. The Hall–Kier alpha value is -4.96. The van der Waals surface area contributed by atoms with E-state index in [4.69, 9.17) is 15.3 Å². The molecule has 0 bridgehead atoms. The van der Waals surface area contributed by atoms with Crippen LogP contribution in [0.1, 0.15) is 32.2 Å². The Morgan fingerprint density at radius 1 is 1.25 bits per heavy atom. The molecule has 2 unspecified atom stereocenters. The van der Waals surface area contributed by atoms with Gasteiger partial charge in [0.2, 0.25) is 11.0 Å². The number of anilines is 1. The van der Waals surface area contributed by atoms with E-state index in [9.17, 15) is 47.3 Å². The number of β-lactam (4-membered cyclic amide) rings is 1. The first-order chi connectivity index (χ1) is 20.5. The molecular weight excluding hydrogens is 632 g/mol. The van der Waals surface area contributed by atoms with Gasteiger partial charge in [-0.25, -0.2) is 18.9 Å². The maximum Gasteiger partial charge on any atom is 0.362 e. The molecule has 1 saturated heterocycles. The number of urea groups is 1. The first kappa shape index (κ1) is 33.5. The minimum atomic E-state index is -5.13. The number of amides is 4. The zero-order valence-electron chi connectivity index (χ0n) is 23.2. The number of nitrogens with one attached hydrogen (secondary N) is 3. The predicted molar refractivity (Wildman–Crippen MR) is 149 cm³/mol. The van der Waals surface area contributed by atoms with Crippen molar-refractivity contribution in [2.24, 2.45) is 5.16 Å². The lowest BCUT2D eigenvalue weighted by Crippen LogP contribution is -2.74. The Balaban J connectivity index is 1.76. The number of aromatic hydroxyl groups is 1. The van der Waals surface area contributed by atoms with Gasteiger partial charge in [-0.05, 0) is 20.8 Å². The van der Waals surface area contributed by atoms with Gasteiger partial charge in [0.25, 0.3) is 11.8 Å². The molecule has 1 aliphatic heterocycles. The van der Waals surface area contributed by atoms with Crippen LogP contribution in [0.4, 0.5) is 9.93 Å². The van der Waals surface area contributed by atoms with Crippen molar-refractivity contribution in [3.8, 4) is 5.75 Å². The van der Waals surface area contributed by atoms with E-state index in [1.165, 1.54) is 19.2 Å². The largest absolute Gasteiger partial charge is 0.503 e. The van der Waals surface area contributed by atoms with E-state index in [1.54, 1.807) is 6.92 Å². The molecule has 1 fully saturated rings. The topological polar surface area (TPSA) is 294 Å². The molecule has 20 nitrogen and oxygen atoms in total. The number of pyridine rings is 1. The van der Waals surface area contributed by atoms with Gasteiger partial charge in [0.15, 0.2) is 16.6 Å². The number of carbonyl (C=O) groups excluding carboxylic acids is 4. The van der Waals surface area contributed by atoms with Crippen LogP contribution in [-0.4, -0.2) is 97.7 Å². The average molecular weight is 661 g/mol.